The van der Waals surface area contributed by atoms with Gasteiger partial charge in [0, 0.05) is 12.6 Å². The zero-order valence-electron chi connectivity index (χ0n) is 10.2. The lowest BCUT2D eigenvalue weighted by Crippen LogP contribution is -2.35. The van der Waals surface area contributed by atoms with E-state index in [0.29, 0.717) is 6.54 Å². The summed E-state index contributed by atoms with van der Waals surface area (Å²) in [5.41, 5.74) is -0.342. The van der Waals surface area contributed by atoms with Gasteiger partial charge in [0.25, 0.3) is 5.56 Å². The van der Waals surface area contributed by atoms with Gasteiger partial charge in [-0.3, -0.25) is 4.79 Å². The number of aromatic nitrogens is 2. The maximum atomic E-state index is 11.6. The predicted octanol–water partition coefficient (Wildman–Crippen LogP) is 0.427. The van der Waals surface area contributed by atoms with Crippen molar-refractivity contribution in [3.8, 4) is 0 Å². The van der Waals surface area contributed by atoms with Gasteiger partial charge in [0.2, 0.25) is 0 Å². The first-order chi connectivity index (χ1) is 8.66. The number of carboxylic acids is 1. The average Bonchev–Trinajstić information content (AvgIpc) is 2.38. The third-order valence-electron chi connectivity index (χ3n) is 3.16. The Bertz CT molecular complexity index is 478. The normalized spacial score (nSPS) is 16.7. The van der Waals surface area contributed by atoms with Crippen LogP contribution in [-0.4, -0.2) is 45.4 Å². The van der Waals surface area contributed by atoms with Gasteiger partial charge in [-0.2, -0.15) is 5.10 Å². The molecule has 0 aliphatic carbocycles. The van der Waals surface area contributed by atoms with Gasteiger partial charge in [0.05, 0.1) is 6.54 Å². The van der Waals surface area contributed by atoms with Crippen LogP contribution >= 0.6 is 0 Å². The third kappa shape index (κ3) is 3.16. The Morgan fingerprint density at radius 1 is 1.22 bits per heavy atom. The summed E-state index contributed by atoms with van der Waals surface area (Å²) in [6.07, 6.45) is 3.65. The molecular weight excluding hydrogens is 234 g/mol. The molecule has 18 heavy (non-hydrogen) atoms. The summed E-state index contributed by atoms with van der Waals surface area (Å²) in [6, 6.07) is 2.49. The Balaban J connectivity index is 2.01. The number of likely N-dealkylation sites (tertiary alicyclic amines) is 1. The molecule has 0 bridgehead atoms. The van der Waals surface area contributed by atoms with Gasteiger partial charge in [-0.05, 0) is 32.0 Å². The third-order valence-corrected chi connectivity index (χ3v) is 3.16. The molecule has 1 aliphatic heterocycles. The van der Waals surface area contributed by atoms with E-state index in [1.807, 2.05) is 0 Å². The van der Waals surface area contributed by atoms with Gasteiger partial charge < -0.3 is 10.0 Å². The monoisotopic (exact) mass is 251 g/mol. The smallest absolute Gasteiger partial charge is 0.356 e. The summed E-state index contributed by atoms with van der Waals surface area (Å²) >= 11 is 0. The van der Waals surface area contributed by atoms with Gasteiger partial charge in [0.1, 0.15) is 0 Å². The summed E-state index contributed by atoms with van der Waals surface area (Å²) in [5.74, 6) is -1.11. The van der Waals surface area contributed by atoms with Crippen molar-refractivity contribution in [3.05, 3.63) is 28.2 Å². The Labute approximate surface area is 105 Å². The second-order valence-electron chi connectivity index (χ2n) is 4.49. The highest BCUT2D eigenvalue weighted by atomic mass is 16.4. The molecule has 6 nitrogen and oxygen atoms in total. The Kier molecular flexibility index (Phi) is 4.09. The van der Waals surface area contributed by atoms with Crippen LogP contribution in [-0.2, 0) is 6.54 Å². The Morgan fingerprint density at radius 3 is 2.61 bits per heavy atom. The predicted molar refractivity (Wildman–Crippen MR) is 65.7 cm³/mol. The lowest BCUT2D eigenvalue weighted by molar-refractivity contribution is 0.0687. The number of hydrogen-bond acceptors (Lipinski definition) is 4. The van der Waals surface area contributed by atoms with Crippen LogP contribution < -0.4 is 5.56 Å². The fourth-order valence-electron chi connectivity index (χ4n) is 2.14. The maximum absolute atomic E-state index is 11.6. The summed E-state index contributed by atoms with van der Waals surface area (Å²) in [6.45, 7) is 3.29. The number of aromatic carboxylic acids is 1. The van der Waals surface area contributed by atoms with Crippen LogP contribution in [0.3, 0.4) is 0 Å². The largest absolute Gasteiger partial charge is 0.476 e. The summed E-state index contributed by atoms with van der Waals surface area (Å²) in [5, 5.41) is 12.7. The van der Waals surface area contributed by atoms with E-state index in [2.05, 4.69) is 10.00 Å². The molecule has 2 heterocycles. The van der Waals surface area contributed by atoms with E-state index in [1.54, 1.807) is 0 Å². The Hall–Kier alpha value is -1.69. The average molecular weight is 251 g/mol. The molecule has 1 N–H and O–H groups in total. The molecule has 1 aromatic heterocycles. The van der Waals surface area contributed by atoms with E-state index in [-0.39, 0.29) is 11.3 Å². The maximum Gasteiger partial charge on any atom is 0.356 e. The highest BCUT2D eigenvalue weighted by Crippen LogP contribution is 2.07. The van der Waals surface area contributed by atoms with Gasteiger partial charge in [0.15, 0.2) is 5.69 Å². The van der Waals surface area contributed by atoms with Crippen LogP contribution in [0.25, 0.3) is 0 Å². The first-order valence-corrected chi connectivity index (χ1v) is 6.20. The molecule has 2 rings (SSSR count). The van der Waals surface area contributed by atoms with Gasteiger partial charge >= 0.3 is 5.97 Å². The number of nitrogens with zero attached hydrogens (tertiary/aromatic N) is 3. The quantitative estimate of drug-likeness (QED) is 0.839. The van der Waals surface area contributed by atoms with Crippen LogP contribution in [0.5, 0.6) is 0 Å². The SMILES string of the molecule is O=C(O)c1ccc(=O)n(CCN2CCCCC2)n1. The molecule has 0 unspecified atom stereocenters. The molecule has 6 heteroatoms. The topological polar surface area (TPSA) is 75.4 Å². The van der Waals surface area contributed by atoms with Gasteiger partial charge in [-0.25, -0.2) is 9.48 Å². The van der Waals surface area contributed by atoms with Crippen LogP contribution in [0, 0.1) is 0 Å². The van der Waals surface area contributed by atoms with Crippen LogP contribution in [0.1, 0.15) is 29.8 Å². The lowest BCUT2D eigenvalue weighted by Gasteiger charge is -2.26. The van der Waals surface area contributed by atoms with E-state index < -0.39 is 5.97 Å². The first kappa shape index (κ1) is 12.8. The van der Waals surface area contributed by atoms with Gasteiger partial charge in [-0.1, -0.05) is 6.42 Å². The molecule has 1 fully saturated rings. The lowest BCUT2D eigenvalue weighted by atomic mass is 10.1. The van der Waals surface area contributed by atoms with E-state index in [4.69, 9.17) is 5.11 Å². The van der Waals surface area contributed by atoms with Crippen molar-refractivity contribution in [2.24, 2.45) is 0 Å². The molecule has 0 spiro atoms. The molecule has 0 aromatic carbocycles. The minimum atomic E-state index is -1.11. The van der Waals surface area contributed by atoms with E-state index in [1.165, 1.54) is 36.1 Å². The van der Waals surface area contributed by atoms with Crippen LogP contribution in [0.2, 0.25) is 0 Å². The molecule has 1 aliphatic rings. The van der Waals surface area contributed by atoms with Crippen molar-refractivity contribution in [1.82, 2.24) is 14.7 Å². The zero-order chi connectivity index (χ0) is 13.0. The number of carbonyl (C=O) groups is 1. The van der Waals surface area contributed by atoms with Crippen molar-refractivity contribution in [1.29, 1.82) is 0 Å². The van der Waals surface area contributed by atoms with E-state index >= 15 is 0 Å². The van der Waals surface area contributed by atoms with Crippen LogP contribution in [0.4, 0.5) is 0 Å². The van der Waals surface area contributed by atoms with E-state index in [9.17, 15) is 9.59 Å². The second-order valence-corrected chi connectivity index (χ2v) is 4.49. The number of rotatable bonds is 4. The van der Waals surface area contributed by atoms with E-state index in [0.717, 1.165) is 19.6 Å². The van der Waals surface area contributed by atoms with Crippen molar-refractivity contribution in [2.75, 3.05) is 19.6 Å². The zero-order valence-corrected chi connectivity index (χ0v) is 10.2. The molecule has 0 atom stereocenters. The summed E-state index contributed by atoms with van der Waals surface area (Å²) < 4.78 is 1.23. The first-order valence-electron chi connectivity index (χ1n) is 6.20. The minimum absolute atomic E-state index is 0.0896. The van der Waals surface area contributed by atoms with Crippen LogP contribution in [0.15, 0.2) is 16.9 Å². The highest BCUT2D eigenvalue weighted by Gasteiger charge is 2.11. The molecule has 0 amide bonds. The standard InChI is InChI=1S/C12H17N3O3/c16-11-5-4-10(12(17)18)13-15(11)9-8-14-6-2-1-3-7-14/h4-5H,1-3,6-9H2,(H,17,18). The molecule has 0 radical (unpaired) electrons. The van der Waals surface area contributed by atoms with Crippen molar-refractivity contribution >= 4 is 5.97 Å². The number of carboxylic acid groups (broad SMARTS) is 1. The van der Waals surface area contributed by atoms with Crippen molar-refractivity contribution in [2.45, 2.75) is 25.8 Å². The summed E-state index contributed by atoms with van der Waals surface area (Å²) in [4.78, 5) is 24.6. The number of hydrogen-bond donors (Lipinski definition) is 1. The molecule has 1 aromatic rings. The molecule has 1 saturated heterocycles. The highest BCUT2D eigenvalue weighted by molar-refractivity contribution is 5.84. The summed E-state index contributed by atoms with van der Waals surface area (Å²) in [7, 11) is 0. The molecule has 98 valence electrons. The van der Waals surface area contributed by atoms with Gasteiger partial charge in [-0.15, -0.1) is 0 Å². The van der Waals surface area contributed by atoms with Crippen molar-refractivity contribution in [3.63, 3.8) is 0 Å². The fourth-order valence-corrected chi connectivity index (χ4v) is 2.14. The Morgan fingerprint density at radius 2 is 1.94 bits per heavy atom. The second kappa shape index (κ2) is 5.77. The molecule has 0 saturated carbocycles. The number of piperidine rings is 1. The van der Waals surface area contributed by atoms with Crippen molar-refractivity contribution < 1.29 is 9.90 Å². The fraction of sp³-hybridized carbons (Fsp3) is 0.583. The molecular formula is C12H17N3O3. The minimum Gasteiger partial charge on any atom is -0.476 e.